The summed E-state index contributed by atoms with van der Waals surface area (Å²) in [5.41, 5.74) is 15.3. The van der Waals surface area contributed by atoms with Gasteiger partial charge in [-0.15, -0.1) is 0 Å². The fourth-order valence-electron chi connectivity index (χ4n) is 1.04. The molecule has 0 heterocycles. The summed E-state index contributed by atoms with van der Waals surface area (Å²) in [5.74, 6) is -0.364. The molecule has 2 unspecified atom stereocenters. The van der Waals surface area contributed by atoms with E-state index < -0.39 is 12.2 Å². The van der Waals surface area contributed by atoms with E-state index in [-0.39, 0.29) is 38.2 Å². The second kappa shape index (κ2) is 10.4. The molecule has 0 spiro atoms. The molecule has 0 aromatic carbocycles. The summed E-state index contributed by atoms with van der Waals surface area (Å²) in [7, 11) is 0. The predicted octanol–water partition coefficient (Wildman–Crippen LogP) is -2.44. The zero-order valence-electron chi connectivity index (χ0n) is 10.9. The Morgan fingerprint density at radius 2 is 1.70 bits per heavy atom. The highest BCUT2D eigenvalue weighted by atomic mass is 16.5. The van der Waals surface area contributed by atoms with Gasteiger partial charge >= 0.3 is 0 Å². The average molecular weight is 282 g/mol. The first-order valence-corrected chi connectivity index (χ1v) is 5.65. The molecule has 0 rings (SSSR count). The van der Waals surface area contributed by atoms with Crippen LogP contribution in [0.4, 0.5) is 0 Å². The lowest BCUT2D eigenvalue weighted by molar-refractivity contribution is 0.0127. The highest BCUT2D eigenvalue weighted by Crippen LogP contribution is 1.94. The third-order valence-electron chi connectivity index (χ3n) is 1.93. The molecule has 20 heavy (non-hydrogen) atoms. The lowest BCUT2D eigenvalue weighted by atomic mass is 10.4. The number of nitrogens with zero attached hydrogens (tertiary/aromatic N) is 3. The van der Waals surface area contributed by atoms with Crippen molar-refractivity contribution in [2.75, 3.05) is 26.3 Å². The van der Waals surface area contributed by atoms with Crippen LogP contribution in [0.5, 0.6) is 0 Å². The average Bonchev–Trinajstić information content (AvgIpc) is 2.40. The molecule has 0 aliphatic rings. The molecule has 10 nitrogen and oxygen atoms in total. The summed E-state index contributed by atoms with van der Waals surface area (Å²) >= 11 is 0. The summed E-state index contributed by atoms with van der Waals surface area (Å²) < 4.78 is 10.3. The van der Waals surface area contributed by atoms with E-state index >= 15 is 0 Å². The minimum absolute atomic E-state index is 0.0341. The minimum Gasteiger partial charge on any atom is -0.370 e. The van der Waals surface area contributed by atoms with Gasteiger partial charge < -0.3 is 32.0 Å². The van der Waals surface area contributed by atoms with Crippen LogP contribution in [0.25, 0.3) is 0 Å². The zero-order chi connectivity index (χ0) is 15.4. The molecule has 0 saturated carbocycles. The van der Waals surface area contributed by atoms with Crippen molar-refractivity contribution < 1.29 is 9.47 Å². The molecule has 0 aromatic heterocycles. The molecule has 2 atom stereocenters. The molecule has 0 saturated heterocycles. The summed E-state index contributed by atoms with van der Waals surface area (Å²) in [6, 6.07) is 3.77. The monoisotopic (exact) mass is 282 g/mol. The first kappa shape index (κ1) is 17.4. The first-order chi connectivity index (χ1) is 9.49. The van der Waals surface area contributed by atoms with Gasteiger partial charge in [-0.05, 0) is 0 Å². The number of aliphatic imine (C=N–C) groups is 1. The maximum Gasteiger partial charge on any atom is 0.186 e. The molecule has 0 bridgehead atoms. The van der Waals surface area contributed by atoms with Crippen molar-refractivity contribution >= 4 is 11.9 Å². The Hall–Kier alpha value is -2.56. The van der Waals surface area contributed by atoms with Gasteiger partial charge in [-0.1, -0.05) is 0 Å². The fourth-order valence-corrected chi connectivity index (χ4v) is 1.04. The largest absolute Gasteiger partial charge is 0.370 e. The van der Waals surface area contributed by atoms with Crippen molar-refractivity contribution in [2.45, 2.75) is 12.2 Å². The first-order valence-electron chi connectivity index (χ1n) is 5.65. The van der Waals surface area contributed by atoms with Gasteiger partial charge in [0.2, 0.25) is 0 Å². The highest BCUT2D eigenvalue weighted by molar-refractivity contribution is 5.75. The van der Waals surface area contributed by atoms with E-state index in [1.165, 1.54) is 0 Å². The van der Waals surface area contributed by atoms with Crippen molar-refractivity contribution in [2.24, 2.45) is 22.2 Å². The van der Waals surface area contributed by atoms with Gasteiger partial charge in [0.25, 0.3) is 0 Å². The van der Waals surface area contributed by atoms with E-state index in [4.69, 9.17) is 42.6 Å². The van der Waals surface area contributed by atoms with Crippen LogP contribution in [-0.4, -0.2) is 50.4 Å². The quantitative estimate of drug-likeness (QED) is 0.175. The number of rotatable bonds is 9. The lowest BCUT2D eigenvalue weighted by Gasteiger charge is -2.13. The molecule has 0 amide bonds. The Kier molecular flexibility index (Phi) is 9.04. The molecule has 0 fully saturated rings. The zero-order valence-corrected chi connectivity index (χ0v) is 10.9. The Morgan fingerprint density at radius 1 is 1.15 bits per heavy atom. The van der Waals surface area contributed by atoms with Crippen LogP contribution in [0, 0.1) is 28.1 Å². The van der Waals surface area contributed by atoms with Gasteiger partial charge in [0.15, 0.2) is 24.1 Å². The van der Waals surface area contributed by atoms with Crippen LogP contribution in [0.1, 0.15) is 0 Å². The maximum atomic E-state index is 8.77. The van der Waals surface area contributed by atoms with Crippen LogP contribution >= 0.6 is 0 Å². The number of guanidine groups is 2. The molecule has 10 heteroatoms. The van der Waals surface area contributed by atoms with E-state index in [2.05, 4.69) is 10.3 Å². The van der Waals surface area contributed by atoms with Crippen molar-refractivity contribution in [1.29, 1.82) is 15.9 Å². The molecular formula is C10H18N8O2. The van der Waals surface area contributed by atoms with Gasteiger partial charge in [0.1, 0.15) is 0 Å². The fraction of sp³-hybridized carbons (Fsp3) is 0.600. The van der Waals surface area contributed by atoms with Crippen LogP contribution < -0.4 is 22.5 Å². The Labute approximate surface area is 116 Å². The molecule has 0 aliphatic carbocycles. The summed E-state index contributed by atoms with van der Waals surface area (Å²) in [6.07, 6.45) is -1.54. The van der Waals surface area contributed by atoms with E-state index in [1.54, 1.807) is 0 Å². The molecule has 0 aromatic rings. The third-order valence-corrected chi connectivity index (χ3v) is 1.93. The van der Waals surface area contributed by atoms with E-state index in [1.807, 2.05) is 12.1 Å². The molecular weight excluding hydrogens is 264 g/mol. The Bertz CT molecular complexity index is 406. The van der Waals surface area contributed by atoms with Crippen molar-refractivity contribution in [3.63, 3.8) is 0 Å². The Morgan fingerprint density at radius 3 is 2.15 bits per heavy atom. The number of nitrogens with two attached hydrogens (primary N) is 3. The predicted molar refractivity (Wildman–Crippen MR) is 71.3 cm³/mol. The second-order valence-electron chi connectivity index (χ2n) is 3.54. The SMILES string of the molecule is N#CC(CN=C(N)N)OCCOC(C#N)CNC(=N)N. The van der Waals surface area contributed by atoms with Crippen molar-refractivity contribution in [3.8, 4) is 12.1 Å². The van der Waals surface area contributed by atoms with Crippen LogP contribution in [0.15, 0.2) is 4.99 Å². The van der Waals surface area contributed by atoms with E-state index in [0.717, 1.165) is 0 Å². The third kappa shape index (κ3) is 9.47. The van der Waals surface area contributed by atoms with Gasteiger partial charge in [0.05, 0.1) is 38.4 Å². The van der Waals surface area contributed by atoms with Gasteiger partial charge in [-0.25, -0.2) is 4.99 Å². The van der Waals surface area contributed by atoms with Gasteiger partial charge in [0, 0.05) is 0 Å². The summed E-state index contributed by atoms with van der Waals surface area (Å²) in [4.78, 5) is 3.66. The van der Waals surface area contributed by atoms with Gasteiger partial charge in [-0.2, -0.15) is 10.5 Å². The van der Waals surface area contributed by atoms with Crippen LogP contribution in [0.3, 0.4) is 0 Å². The molecule has 8 N–H and O–H groups in total. The van der Waals surface area contributed by atoms with Crippen molar-refractivity contribution in [1.82, 2.24) is 5.32 Å². The minimum atomic E-state index is -0.781. The van der Waals surface area contributed by atoms with Crippen molar-refractivity contribution in [3.05, 3.63) is 0 Å². The summed E-state index contributed by atoms with van der Waals surface area (Å²) in [5, 5.41) is 27.0. The second-order valence-corrected chi connectivity index (χ2v) is 3.54. The molecule has 110 valence electrons. The van der Waals surface area contributed by atoms with Crippen LogP contribution in [0.2, 0.25) is 0 Å². The van der Waals surface area contributed by atoms with E-state index in [0.29, 0.717) is 0 Å². The number of hydrogen-bond donors (Lipinski definition) is 5. The standard InChI is InChI=1S/C10H18N8O2/c11-3-7(5-17-9(13)14)19-1-2-20-8(4-12)6-18-10(15)16/h7-8H,1-2,5-6H2,(H4,13,14,17)(H4,15,16,18). The maximum absolute atomic E-state index is 8.77. The lowest BCUT2D eigenvalue weighted by Crippen LogP contribution is -2.37. The van der Waals surface area contributed by atoms with E-state index in [9.17, 15) is 0 Å². The topological polar surface area (TPSA) is 192 Å². The van der Waals surface area contributed by atoms with Gasteiger partial charge in [-0.3, -0.25) is 5.41 Å². The number of ether oxygens (including phenoxy) is 2. The molecule has 0 radical (unpaired) electrons. The summed E-state index contributed by atoms with van der Waals surface area (Å²) in [6.45, 7) is 0.349. The number of hydrogen-bond acceptors (Lipinski definition) is 6. The highest BCUT2D eigenvalue weighted by Gasteiger charge is 2.10. The smallest absolute Gasteiger partial charge is 0.186 e. The number of nitrogens with one attached hydrogen (secondary N) is 2. The Balaban J connectivity index is 3.87. The molecule has 0 aliphatic heterocycles. The number of nitriles is 2. The normalized spacial score (nSPS) is 12.5. The van der Waals surface area contributed by atoms with Crippen LogP contribution in [-0.2, 0) is 9.47 Å².